The summed E-state index contributed by atoms with van der Waals surface area (Å²) in [5.74, 6) is 1.05. The zero-order valence-electron chi connectivity index (χ0n) is 16.2. The first-order valence-electron chi connectivity index (χ1n) is 9.93. The van der Waals surface area contributed by atoms with Gasteiger partial charge in [0.15, 0.2) is 5.78 Å². The fourth-order valence-electron chi connectivity index (χ4n) is 7.28. The molecule has 0 heterocycles. The van der Waals surface area contributed by atoms with Gasteiger partial charge in [0.25, 0.3) is 0 Å². The lowest BCUT2D eigenvalue weighted by Crippen LogP contribution is -2.57. The molecule has 7 unspecified atom stereocenters. The Morgan fingerprint density at radius 1 is 1.31 bits per heavy atom. The third-order valence-corrected chi connectivity index (χ3v) is 8.30. The molecule has 8 atom stereocenters. The number of carbonyl (C=O) groups excluding carboxylic acids is 2. The van der Waals surface area contributed by atoms with Crippen molar-refractivity contribution in [3.8, 4) is 0 Å². The molecule has 0 aromatic carbocycles. The van der Waals surface area contributed by atoms with Crippen LogP contribution in [0.3, 0.4) is 0 Å². The Morgan fingerprint density at radius 2 is 2.04 bits per heavy atom. The molecule has 4 rings (SSSR count). The number of methoxy groups -OCH3 is 1. The predicted octanol–water partition coefficient (Wildman–Crippen LogP) is 3.30. The van der Waals surface area contributed by atoms with Crippen LogP contribution in [-0.4, -0.2) is 30.1 Å². The van der Waals surface area contributed by atoms with Gasteiger partial charge in [-0.3, -0.25) is 9.59 Å². The predicted molar refractivity (Wildman–Crippen MR) is 98.1 cm³/mol. The highest BCUT2D eigenvalue weighted by atomic mass is 16.5. The van der Waals surface area contributed by atoms with Crippen molar-refractivity contribution < 1.29 is 19.4 Å². The molecular formula is C22H30O4. The molecule has 0 radical (unpaired) electrons. The lowest BCUT2D eigenvalue weighted by Gasteiger charge is -2.60. The first-order chi connectivity index (χ1) is 12.2. The maximum Gasteiger partial charge on any atom is 0.309 e. The van der Waals surface area contributed by atoms with Gasteiger partial charge in [0.2, 0.25) is 0 Å². The smallest absolute Gasteiger partial charge is 0.309 e. The quantitative estimate of drug-likeness (QED) is 0.731. The van der Waals surface area contributed by atoms with Crippen LogP contribution in [0.2, 0.25) is 0 Å². The number of aliphatic hydroxyl groups is 1. The fraction of sp³-hybridized carbons (Fsp3) is 0.727. The number of ketones is 1. The van der Waals surface area contributed by atoms with Crippen LogP contribution in [0.1, 0.15) is 46.5 Å². The van der Waals surface area contributed by atoms with Crippen molar-refractivity contribution in [3.63, 3.8) is 0 Å². The molecule has 4 heteroatoms. The Hall–Kier alpha value is -1.42. The minimum absolute atomic E-state index is 0.0598. The molecule has 142 valence electrons. The Kier molecular flexibility index (Phi) is 4.00. The van der Waals surface area contributed by atoms with E-state index in [1.54, 1.807) is 12.2 Å². The topological polar surface area (TPSA) is 63.6 Å². The number of rotatable bonds is 1. The number of hydrogen-bond donors (Lipinski definition) is 1. The van der Waals surface area contributed by atoms with Gasteiger partial charge in [-0.1, -0.05) is 32.4 Å². The summed E-state index contributed by atoms with van der Waals surface area (Å²) in [5.41, 5.74) is 0.718. The fourth-order valence-corrected chi connectivity index (χ4v) is 7.28. The standard InChI is InChI=1S/C22H30O4/c1-12-9-14-15-5-6-16(20(25)26-4)22(15,3)11-18(24)19(14)21(2)8-7-13(23)10-17(12)21/h7-8,10,12,14-16,18-19,24H,5-6,9,11H2,1-4H3/t12?,14?,15?,16-,18?,19?,21?,22?/m1/s1. The molecule has 1 N–H and O–H groups in total. The van der Waals surface area contributed by atoms with Crippen LogP contribution < -0.4 is 0 Å². The van der Waals surface area contributed by atoms with E-state index in [4.69, 9.17) is 4.74 Å². The summed E-state index contributed by atoms with van der Waals surface area (Å²) in [6, 6.07) is 0. The molecular weight excluding hydrogens is 328 g/mol. The first kappa shape index (κ1) is 18.0. The van der Waals surface area contributed by atoms with E-state index >= 15 is 0 Å². The van der Waals surface area contributed by atoms with E-state index in [1.165, 1.54) is 12.7 Å². The van der Waals surface area contributed by atoms with E-state index < -0.39 is 6.10 Å². The van der Waals surface area contributed by atoms with Crippen molar-refractivity contribution in [1.29, 1.82) is 0 Å². The third-order valence-electron chi connectivity index (χ3n) is 8.30. The normalized spacial score (nSPS) is 49.7. The number of fused-ring (bicyclic) bond motifs is 5. The highest BCUT2D eigenvalue weighted by Gasteiger charge is 2.63. The average molecular weight is 358 g/mol. The van der Waals surface area contributed by atoms with Gasteiger partial charge in [0, 0.05) is 11.3 Å². The average Bonchev–Trinajstić information content (AvgIpc) is 2.92. The Morgan fingerprint density at radius 3 is 2.73 bits per heavy atom. The van der Waals surface area contributed by atoms with Crippen molar-refractivity contribution in [2.45, 2.75) is 52.6 Å². The third kappa shape index (κ3) is 2.24. The monoisotopic (exact) mass is 358 g/mol. The van der Waals surface area contributed by atoms with Crippen LogP contribution in [-0.2, 0) is 14.3 Å². The second kappa shape index (κ2) is 5.79. The van der Waals surface area contributed by atoms with Gasteiger partial charge in [-0.25, -0.2) is 0 Å². The molecule has 0 spiro atoms. The number of aliphatic hydroxyl groups excluding tert-OH is 1. The van der Waals surface area contributed by atoms with E-state index in [0.717, 1.165) is 19.3 Å². The van der Waals surface area contributed by atoms with Gasteiger partial charge < -0.3 is 9.84 Å². The van der Waals surface area contributed by atoms with Gasteiger partial charge in [-0.15, -0.1) is 0 Å². The van der Waals surface area contributed by atoms with E-state index in [9.17, 15) is 14.7 Å². The molecule has 0 bridgehead atoms. The molecule has 3 fully saturated rings. The molecule has 0 amide bonds. The van der Waals surface area contributed by atoms with E-state index in [1.807, 2.05) is 6.08 Å². The first-order valence-corrected chi connectivity index (χ1v) is 9.93. The summed E-state index contributed by atoms with van der Waals surface area (Å²) in [5, 5.41) is 11.2. The second-order valence-corrected chi connectivity index (χ2v) is 9.48. The summed E-state index contributed by atoms with van der Waals surface area (Å²) in [6.07, 6.45) is 8.54. The molecule has 3 saturated carbocycles. The summed E-state index contributed by atoms with van der Waals surface area (Å²) in [4.78, 5) is 24.3. The van der Waals surface area contributed by atoms with Crippen LogP contribution in [0.15, 0.2) is 23.8 Å². The van der Waals surface area contributed by atoms with Gasteiger partial charge in [-0.2, -0.15) is 0 Å². The van der Waals surface area contributed by atoms with Gasteiger partial charge in [-0.05, 0) is 61.0 Å². The minimum Gasteiger partial charge on any atom is -0.469 e. The number of esters is 1. The van der Waals surface area contributed by atoms with Crippen molar-refractivity contribution >= 4 is 11.8 Å². The maximum atomic E-state index is 12.4. The van der Waals surface area contributed by atoms with Crippen molar-refractivity contribution in [3.05, 3.63) is 23.8 Å². The summed E-state index contributed by atoms with van der Waals surface area (Å²) >= 11 is 0. The molecule has 4 nitrogen and oxygen atoms in total. The SMILES string of the molecule is COC(=O)[C@H]1CCC2C3CC(C)C4=CC(=O)C=CC4(C)C3C(O)CC21C. The molecule has 4 aliphatic rings. The molecule has 26 heavy (non-hydrogen) atoms. The van der Waals surface area contributed by atoms with Crippen LogP contribution in [0.25, 0.3) is 0 Å². The zero-order chi connectivity index (χ0) is 18.9. The van der Waals surface area contributed by atoms with Crippen molar-refractivity contribution in [2.24, 2.45) is 40.4 Å². The van der Waals surface area contributed by atoms with Crippen molar-refractivity contribution in [2.75, 3.05) is 7.11 Å². The molecule has 0 aliphatic heterocycles. The number of carbonyl (C=O) groups is 2. The molecule has 0 aromatic rings. The summed E-state index contributed by atoms with van der Waals surface area (Å²) < 4.78 is 5.08. The Bertz CT molecular complexity index is 707. The van der Waals surface area contributed by atoms with E-state index in [-0.39, 0.29) is 34.4 Å². The van der Waals surface area contributed by atoms with E-state index in [2.05, 4.69) is 20.8 Å². The number of ether oxygens (including phenoxy) is 1. The number of hydrogen-bond acceptors (Lipinski definition) is 4. The second-order valence-electron chi connectivity index (χ2n) is 9.48. The van der Waals surface area contributed by atoms with Gasteiger partial charge >= 0.3 is 5.97 Å². The highest BCUT2D eigenvalue weighted by molar-refractivity contribution is 6.01. The Labute approximate surface area is 155 Å². The summed E-state index contributed by atoms with van der Waals surface area (Å²) in [6.45, 7) is 6.58. The lowest BCUT2D eigenvalue weighted by atomic mass is 9.45. The van der Waals surface area contributed by atoms with Gasteiger partial charge in [0.05, 0.1) is 19.1 Å². The van der Waals surface area contributed by atoms with Crippen molar-refractivity contribution in [1.82, 2.24) is 0 Å². The Balaban J connectivity index is 1.75. The van der Waals surface area contributed by atoms with Crippen LogP contribution in [0, 0.1) is 40.4 Å². The lowest BCUT2D eigenvalue weighted by molar-refractivity contribution is -0.159. The largest absolute Gasteiger partial charge is 0.469 e. The molecule has 4 aliphatic carbocycles. The molecule has 0 aromatic heterocycles. The van der Waals surface area contributed by atoms with Crippen LogP contribution in [0.4, 0.5) is 0 Å². The zero-order valence-corrected chi connectivity index (χ0v) is 16.2. The summed E-state index contributed by atoms with van der Waals surface area (Å²) in [7, 11) is 1.46. The van der Waals surface area contributed by atoms with Crippen LogP contribution in [0.5, 0.6) is 0 Å². The number of allylic oxidation sites excluding steroid dienone is 4. The minimum atomic E-state index is -0.467. The maximum absolute atomic E-state index is 12.4. The highest BCUT2D eigenvalue weighted by Crippen LogP contribution is 2.66. The van der Waals surface area contributed by atoms with Gasteiger partial charge in [0.1, 0.15) is 0 Å². The van der Waals surface area contributed by atoms with Crippen LogP contribution >= 0.6 is 0 Å². The molecule has 0 saturated heterocycles. The van der Waals surface area contributed by atoms with E-state index in [0.29, 0.717) is 24.2 Å².